The summed E-state index contributed by atoms with van der Waals surface area (Å²) in [6, 6.07) is 12.6. The molecule has 0 aliphatic heterocycles. The van der Waals surface area contributed by atoms with Gasteiger partial charge in [0.2, 0.25) is 0 Å². The molecule has 0 saturated heterocycles. The zero-order valence-corrected chi connectivity index (χ0v) is 10.4. The van der Waals surface area contributed by atoms with E-state index in [9.17, 15) is 8.78 Å². The number of nitrogens with two attached hydrogens (primary N) is 1. The van der Waals surface area contributed by atoms with Gasteiger partial charge in [0.25, 0.3) is 0 Å². The number of halogens is 2. The molecule has 0 amide bonds. The molecule has 0 aliphatic carbocycles. The minimum Gasteiger partial charge on any atom is -0.399 e. The minimum absolute atomic E-state index is 0.436. The number of pyridine rings is 1. The first-order valence-electron chi connectivity index (χ1n) is 6.00. The van der Waals surface area contributed by atoms with Gasteiger partial charge in [-0.15, -0.1) is 0 Å². The van der Waals surface area contributed by atoms with Crippen molar-refractivity contribution in [3.05, 3.63) is 60.2 Å². The largest absolute Gasteiger partial charge is 0.399 e. The van der Waals surface area contributed by atoms with E-state index in [1.54, 1.807) is 18.2 Å². The van der Waals surface area contributed by atoms with Gasteiger partial charge in [0, 0.05) is 22.8 Å². The molecule has 0 unspecified atom stereocenters. The molecule has 2 aromatic carbocycles. The fraction of sp³-hybridized carbons (Fsp3) is 0. The smallest absolute Gasteiger partial charge is 0.160 e. The van der Waals surface area contributed by atoms with Gasteiger partial charge in [0.15, 0.2) is 11.6 Å². The average molecular weight is 271 g/mol. The molecule has 0 radical (unpaired) electrons. The van der Waals surface area contributed by atoms with Gasteiger partial charge in [-0.3, -0.25) is 0 Å². The van der Waals surface area contributed by atoms with Crippen LogP contribution in [0, 0.1) is 11.6 Å². The maximum absolute atomic E-state index is 13.1. The SMILES string of the molecule is Nc1ccc2nc(Nc3ccc(F)c(F)c3)ccc2c1. The maximum atomic E-state index is 13.1. The van der Waals surface area contributed by atoms with Gasteiger partial charge in [0.05, 0.1) is 5.52 Å². The Labute approximate surface area is 114 Å². The molecular formula is C15H11F2N3. The predicted molar refractivity (Wildman–Crippen MR) is 75.8 cm³/mol. The Morgan fingerprint density at radius 1 is 0.900 bits per heavy atom. The van der Waals surface area contributed by atoms with E-state index >= 15 is 0 Å². The molecule has 3 aromatic rings. The molecule has 0 spiro atoms. The number of anilines is 3. The van der Waals surface area contributed by atoms with E-state index in [1.165, 1.54) is 6.07 Å². The molecule has 0 aliphatic rings. The van der Waals surface area contributed by atoms with E-state index in [-0.39, 0.29) is 0 Å². The lowest BCUT2D eigenvalue weighted by molar-refractivity contribution is 0.509. The fourth-order valence-corrected chi connectivity index (χ4v) is 1.94. The van der Waals surface area contributed by atoms with Gasteiger partial charge < -0.3 is 11.1 Å². The lowest BCUT2D eigenvalue weighted by atomic mass is 10.2. The van der Waals surface area contributed by atoms with Crippen molar-refractivity contribution in [2.24, 2.45) is 0 Å². The van der Waals surface area contributed by atoms with Crippen LogP contribution < -0.4 is 11.1 Å². The fourth-order valence-electron chi connectivity index (χ4n) is 1.94. The number of hydrogen-bond acceptors (Lipinski definition) is 3. The van der Waals surface area contributed by atoms with Crippen LogP contribution in [0.25, 0.3) is 10.9 Å². The van der Waals surface area contributed by atoms with Crippen molar-refractivity contribution >= 4 is 28.1 Å². The van der Waals surface area contributed by atoms with E-state index in [0.29, 0.717) is 17.2 Å². The number of nitrogens with one attached hydrogen (secondary N) is 1. The Morgan fingerprint density at radius 2 is 1.75 bits per heavy atom. The minimum atomic E-state index is -0.899. The first kappa shape index (κ1) is 12.3. The molecule has 0 atom stereocenters. The summed E-state index contributed by atoms with van der Waals surface area (Å²) in [5.74, 6) is -1.23. The highest BCUT2D eigenvalue weighted by Crippen LogP contribution is 2.21. The second-order valence-electron chi connectivity index (χ2n) is 4.40. The molecule has 3 rings (SSSR count). The normalized spacial score (nSPS) is 10.7. The highest BCUT2D eigenvalue weighted by molar-refractivity contribution is 5.83. The van der Waals surface area contributed by atoms with E-state index in [0.717, 1.165) is 23.0 Å². The van der Waals surface area contributed by atoms with E-state index < -0.39 is 11.6 Å². The summed E-state index contributed by atoms with van der Waals surface area (Å²) in [5.41, 5.74) is 7.57. The zero-order chi connectivity index (χ0) is 14.1. The van der Waals surface area contributed by atoms with Crippen LogP contribution in [-0.2, 0) is 0 Å². The van der Waals surface area contributed by atoms with Gasteiger partial charge in [-0.1, -0.05) is 0 Å². The highest BCUT2D eigenvalue weighted by Gasteiger charge is 2.04. The van der Waals surface area contributed by atoms with Crippen molar-refractivity contribution < 1.29 is 8.78 Å². The van der Waals surface area contributed by atoms with Crippen LogP contribution in [0.1, 0.15) is 0 Å². The number of aromatic nitrogens is 1. The number of nitrogen functional groups attached to an aromatic ring is 1. The third kappa shape index (κ3) is 2.38. The summed E-state index contributed by atoms with van der Waals surface area (Å²) >= 11 is 0. The molecule has 0 fully saturated rings. The quantitative estimate of drug-likeness (QED) is 0.696. The summed E-state index contributed by atoms with van der Waals surface area (Å²) in [6.07, 6.45) is 0. The molecule has 20 heavy (non-hydrogen) atoms. The molecule has 0 saturated carbocycles. The van der Waals surface area contributed by atoms with Gasteiger partial charge in [-0.05, 0) is 42.5 Å². The molecular weight excluding hydrogens is 260 g/mol. The standard InChI is InChI=1S/C15H11F2N3/c16-12-4-3-11(8-13(12)17)19-15-6-1-9-7-10(18)2-5-14(9)20-15/h1-8H,18H2,(H,19,20). The number of rotatable bonds is 2. The maximum Gasteiger partial charge on any atom is 0.160 e. The van der Waals surface area contributed by atoms with Crippen molar-refractivity contribution in [1.29, 1.82) is 0 Å². The van der Waals surface area contributed by atoms with E-state index in [1.807, 2.05) is 12.1 Å². The van der Waals surface area contributed by atoms with E-state index in [2.05, 4.69) is 10.3 Å². The van der Waals surface area contributed by atoms with Gasteiger partial charge in [-0.25, -0.2) is 13.8 Å². The molecule has 0 bridgehead atoms. The predicted octanol–water partition coefficient (Wildman–Crippen LogP) is 3.84. The first-order chi connectivity index (χ1) is 9.61. The summed E-state index contributed by atoms with van der Waals surface area (Å²) in [7, 11) is 0. The second-order valence-corrected chi connectivity index (χ2v) is 4.40. The van der Waals surface area contributed by atoms with Gasteiger partial charge in [-0.2, -0.15) is 0 Å². The van der Waals surface area contributed by atoms with Crippen molar-refractivity contribution in [2.45, 2.75) is 0 Å². The van der Waals surface area contributed by atoms with Crippen molar-refractivity contribution in [2.75, 3.05) is 11.1 Å². The molecule has 1 aromatic heterocycles. The van der Waals surface area contributed by atoms with Crippen LogP contribution in [0.5, 0.6) is 0 Å². The van der Waals surface area contributed by atoms with E-state index in [4.69, 9.17) is 5.73 Å². The Morgan fingerprint density at radius 3 is 2.55 bits per heavy atom. The Kier molecular flexibility index (Phi) is 2.95. The van der Waals surface area contributed by atoms with Crippen LogP contribution in [-0.4, -0.2) is 4.98 Å². The monoisotopic (exact) mass is 271 g/mol. The molecule has 3 nitrogen and oxygen atoms in total. The van der Waals surface area contributed by atoms with Gasteiger partial charge >= 0.3 is 0 Å². The first-order valence-corrected chi connectivity index (χ1v) is 6.00. The van der Waals surface area contributed by atoms with Gasteiger partial charge in [0.1, 0.15) is 5.82 Å². The second kappa shape index (κ2) is 4.77. The number of hydrogen-bond donors (Lipinski definition) is 2. The molecule has 100 valence electrons. The number of nitrogens with zero attached hydrogens (tertiary/aromatic N) is 1. The lowest BCUT2D eigenvalue weighted by Gasteiger charge is -2.07. The summed E-state index contributed by atoms with van der Waals surface area (Å²) in [6.45, 7) is 0. The molecule has 1 heterocycles. The number of fused-ring (bicyclic) bond motifs is 1. The average Bonchev–Trinajstić information content (AvgIpc) is 2.43. The summed E-state index contributed by atoms with van der Waals surface area (Å²) in [4.78, 5) is 4.38. The van der Waals surface area contributed by atoms with Crippen molar-refractivity contribution in [3.63, 3.8) is 0 Å². The Hall–Kier alpha value is -2.69. The zero-order valence-electron chi connectivity index (χ0n) is 10.4. The van der Waals surface area contributed by atoms with Crippen LogP contribution in [0.4, 0.5) is 26.0 Å². The topological polar surface area (TPSA) is 50.9 Å². The third-order valence-electron chi connectivity index (χ3n) is 2.91. The summed E-state index contributed by atoms with van der Waals surface area (Å²) < 4.78 is 26.0. The molecule has 3 N–H and O–H groups in total. The van der Waals surface area contributed by atoms with Crippen molar-refractivity contribution in [3.8, 4) is 0 Å². The highest BCUT2D eigenvalue weighted by atomic mass is 19.2. The van der Waals surface area contributed by atoms with Crippen LogP contribution in [0.15, 0.2) is 48.5 Å². The number of benzene rings is 2. The molecule has 5 heteroatoms. The van der Waals surface area contributed by atoms with Crippen LogP contribution in [0.3, 0.4) is 0 Å². The van der Waals surface area contributed by atoms with Crippen molar-refractivity contribution in [1.82, 2.24) is 4.98 Å². The van der Waals surface area contributed by atoms with Crippen LogP contribution in [0.2, 0.25) is 0 Å². The van der Waals surface area contributed by atoms with Crippen LogP contribution >= 0.6 is 0 Å². The lowest BCUT2D eigenvalue weighted by Crippen LogP contribution is -1.95. The Bertz CT molecular complexity index is 787. The summed E-state index contributed by atoms with van der Waals surface area (Å²) in [5, 5.41) is 3.85. The Balaban J connectivity index is 1.94. The third-order valence-corrected chi connectivity index (χ3v) is 2.91.